The molecule has 0 aliphatic rings. The smallest absolute Gasteiger partial charge is 0.274 e. The minimum Gasteiger partial charge on any atom is -0.328 e. The van der Waals surface area contributed by atoms with Crippen LogP contribution < -0.4 is 5.32 Å². The molecule has 26 heavy (non-hydrogen) atoms. The number of carbonyl (C=O) groups is 1. The van der Waals surface area contributed by atoms with Gasteiger partial charge in [0.25, 0.3) is 5.91 Å². The van der Waals surface area contributed by atoms with E-state index < -0.39 is 0 Å². The summed E-state index contributed by atoms with van der Waals surface area (Å²) in [4.78, 5) is 26.0. The number of amides is 1. The van der Waals surface area contributed by atoms with Crippen molar-refractivity contribution in [2.45, 2.75) is 33.7 Å². The maximum atomic E-state index is 12.8. The van der Waals surface area contributed by atoms with Crippen molar-refractivity contribution in [3.05, 3.63) is 53.9 Å². The molecule has 0 saturated carbocycles. The van der Waals surface area contributed by atoms with Crippen molar-refractivity contribution in [3.63, 3.8) is 0 Å². The van der Waals surface area contributed by atoms with Crippen molar-refractivity contribution in [1.29, 1.82) is 0 Å². The van der Waals surface area contributed by atoms with Gasteiger partial charge in [-0.25, -0.2) is 15.0 Å². The van der Waals surface area contributed by atoms with E-state index in [4.69, 9.17) is 0 Å². The predicted octanol–water partition coefficient (Wildman–Crippen LogP) is 3.22. The topological polar surface area (TPSA) is 77.1 Å². The first kappa shape index (κ1) is 16.3. The molecular formula is C19H20N6O. The fourth-order valence-corrected chi connectivity index (χ4v) is 3.34. The number of imidazole rings is 2. The highest BCUT2D eigenvalue weighted by molar-refractivity contribution is 6.05. The van der Waals surface area contributed by atoms with Gasteiger partial charge in [0.1, 0.15) is 11.5 Å². The average Bonchev–Trinajstić information content (AvgIpc) is 3.17. The van der Waals surface area contributed by atoms with Crippen molar-refractivity contribution in [3.8, 4) is 0 Å². The molecule has 0 fully saturated rings. The molecule has 0 spiro atoms. The van der Waals surface area contributed by atoms with Crippen LogP contribution in [0.2, 0.25) is 0 Å². The van der Waals surface area contributed by atoms with Crippen LogP contribution in [-0.4, -0.2) is 29.8 Å². The molecule has 1 N–H and O–H groups in total. The van der Waals surface area contributed by atoms with Crippen LogP contribution in [0, 0.1) is 6.92 Å². The minimum atomic E-state index is -0.215. The molecule has 4 aromatic rings. The van der Waals surface area contributed by atoms with E-state index >= 15 is 0 Å². The number of aryl methyl sites for hydroxylation is 3. The zero-order valence-corrected chi connectivity index (χ0v) is 15.0. The molecule has 3 heterocycles. The van der Waals surface area contributed by atoms with Gasteiger partial charge < -0.3 is 9.88 Å². The molecule has 3 aromatic heterocycles. The maximum absolute atomic E-state index is 12.8. The molecule has 0 saturated heterocycles. The van der Waals surface area contributed by atoms with Crippen molar-refractivity contribution in [1.82, 2.24) is 23.9 Å². The Morgan fingerprint density at radius 3 is 2.85 bits per heavy atom. The van der Waals surface area contributed by atoms with Gasteiger partial charge in [-0.3, -0.25) is 9.20 Å². The summed E-state index contributed by atoms with van der Waals surface area (Å²) in [5.41, 5.74) is 3.81. The summed E-state index contributed by atoms with van der Waals surface area (Å²) < 4.78 is 3.89. The summed E-state index contributed by atoms with van der Waals surface area (Å²) in [6.45, 7) is 6.89. The largest absolute Gasteiger partial charge is 0.328 e. The quantitative estimate of drug-likeness (QED) is 0.614. The van der Waals surface area contributed by atoms with E-state index in [0.717, 1.165) is 29.8 Å². The van der Waals surface area contributed by atoms with E-state index in [1.165, 1.54) is 0 Å². The van der Waals surface area contributed by atoms with Gasteiger partial charge in [0.15, 0.2) is 0 Å². The molecule has 0 aliphatic heterocycles. The lowest BCUT2D eigenvalue weighted by atomic mass is 10.2. The molecule has 1 aromatic carbocycles. The average molecular weight is 348 g/mol. The van der Waals surface area contributed by atoms with Gasteiger partial charge in [0.05, 0.1) is 16.7 Å². The highest BCUT2D eigenvalue weighted by Gasteiger charge is 2.17. The molecule has 7 nitrogen and oxygen atoms in total. The monoisotopic (exact) mass is 348 g/mol. The SMILES string of the molecule is CCc1nc2cc(NC(=O)c3c(C)nc4ncccn34)ccc2n1CC. The predicted molar refractivity (Wildman–Crippen MR) is 100 cm³/mol. The Labute approximate surface area is 150 Å². The molecule has 0 atom stereocenters. The normalized spacial score (nSPS) is 11.3. The second kappa shape index (κ2) is 6.25. The number of rotatable bonds is 4. The first-order valence-electron chi connectivity index (χ1n) is 8.72. The summed E-state index contributed by atoms with van der Waals surface area (Å²) in [5.74, 6) is 1.35. The van der Waals surface area contributed by atoms with Crippen LogP contribution in [0.5, 0.6) is 0 Å². The van der Waals surface area contributed by atoms with Crippen molar-refractivity contribution < 1.29 is 4.79 Å². The van der Waals surface area contributed by atoms with E-state index in [1.54, 1.807) is 22.9 Å². The second-order valence-electron chi connectivity index (χ2n) is 6.12. The van der Waals surface area contributed by atoms with Crippen LogP contribution in [0.4, 0.5) is 5.69 Å². The number of nitrogens with zero attached hydrogens (tertiary/aromatic N) is 5. The number of benzene rings is 1. The Hall–Kier alpha value is -3.22. The third-order valence-corrected chi connectivity index (χ3v) is 4.51. The van der Waals surface area contributed by atoms with Gasteiger partial charge in [0.2, 0.25) is 5.78 Å². The Morgan fingerprint density at radius 2 is 2.08 bits per heavy atom. The summed E-state index contributed by atoms with van der Waals surface area (Å²) in [6, 6.07) is 7.60. The van der Waals surface area contributed by atoms with Gasteiger partial charge >= 0.3 is 0 Å². The fraction of sp³-hybridized carbons (Fsp3) is 0.263. The van der Waals surface area contributed by atoms with E-state index in [2.05, 4.69) is 38.7 Å². The zero-order valence-electron chi connectivity index (χ0n) is 15.0. The van der Waals surface area contributed by atoms with Gasteiger partial charge in [-0.15, -0.1) is 0 Å². The Morgan fingerprint density at radius 1 is 1.23 bits per heavy atom. The second-order valence-corrected chi connectivity index (χ2v) is 6.12. The van der Waals surface area contributed by atoms with Crippen molar-refractivity contribution in [2.75, 3.05) is 5.32 Å². The van der Waals surface area contributed by atoms with Crippen LogP contribution in [0.25, 0.3) is 16.8 Å². The van der Waals surface area contributed by atoms with E-state index in [1.807, 2.05) is 25.1 Å². The maximum Gasteiger partial charge on any atom is 0.274 e. The molecule has 0 aliphatic carbocycles. The minimum absolute atomic E-state index is 0.215. The number of fused-ring (bicyclic) bond motifs is 2. The standard InChI is InChI=1S/C19H20N6O/c1-4-16-23-14-11-13(7-8-15(14)24(16)5-2)22-18(26)17-12(3)21-19-20-9-6-10-25(17)19/h6-11H,4-5H2,1-3H3,(H,22,26). The first-order chi connectivity index (χ1) is 12.6. The fourth-order valence-electron chi connectivity index (χ4n) is 3.34. The first-order valence-corrected chi connectivity index (χ1v) is 8.72. The zero-order chi connectivity index (χ0) is 18.3. The van der Waals surface area contributed by atoms with Crippen molar-refractivity contribution >= 4 is 28.4 Å². The van der Waals surface area contributed by atoms with Crippen molar-refractivity contribution in [2.24, 2.45) is 0 Å². The number of carbonyl (C=O) groups excluding carboxylic acids is 1. The third kappa shape index (κ3) is 2.52. The summed E-state index contributed by atoms with van der Waals surface area (Å²) in [6.07, 6.45) is 4.32. The summed E-state index contributed by atoms with van der Waals surface area (Å²) >= 11 is 0. The molecule has 7 heteroatoms. The van der Waals surface area contributed by atoms with Crippen LogP contribution in [0.1, 0.15) is 35.9 Å². The number of anilines is 1. The molecular weight excluding hydrogens is 328 g/mol. The highest BCUT2D eigenvalue weighted by atomic mass is 16.2. The summed E-state index contributed by atoms with van der Waals surface area (Å²) in [5, 5.41) is 2.96. The van der Waals surface area contributed by atoms with Gasteiger partial charge in [-0.1, -0.05) is 6.92 Å². The summed E-state index contributed by atoms with van der Waals surface area (Å²) in [7, 11) is 0. The molecule has 4 rings (SSSR count). The highest BCUT2D eigenvalue weighted by Crippen LogP contribution is 2.22. The van der Waals surface area contributed by atoms with E-state index in [0.29, 0.717) is 22.9 Å². The number of hydrogen-bond donors (Lipinski definition) is 1. The Kier molecular flexibility index (Phi) is 3.91. The Bertz CT molecular complexity index is 1120. The lowest BCUT2D eigenvalue weighted by Gasteiger charge is -2.07. The van der Waals surface area contributed by atoms with Gasteiger partial charge in [0, 0.05) is 31.0 Å². The lowest BCUT2D eigenvalue weighted by Crippen LogP contribution is -2.15. The molecule has 0 unspecified atom stereocenters. The van der Waals surface area contributed by atoms with Crippen LogP contribution in [0.3, 0.4) is 0 Å². The van der Waals surface area contributed by atoms with E-state index in [9.17, 15) is 4.79 Å². The van der Waals surface area contributed by atoms with Crippen LogP contribution >= 0.6 is 0 Å². The molecule has 1 amide bonds. The molecule has 0 bridgehead atoms. The number of aromatic nitrogens is 5. The van der Waals surface area contributed by atoms with Crippen LogP contribution in [-0.2, 0) is 13.0 Å². The van der Waals surface area contributed by atoms with Gasteiger partial charge in [-0.05, 0) is 38.1 Å². The van der Waals surface area contributed by atoms with Gasteiger partial charge in [-0.2, -0.15) is 0 Å². The third-order valence-electron chi connectivity index (χ3n) is 4.51. The van der Waals surface area contributed by atoms with Crippen LogP contribution in [0.15, 0.2) is 36.7 Å². The lowest BCUT2D eigenvalue weighted by molar-refractivity contribution is 0.102. The Balaban J connectivity index is 1.70. The van der Waals surface area contributed by atoms with E-state index in [-0.39, 0.29) is 5.91 Å². The molecule has 132 valence electrons. The molecule has 0 radical (unpaired) electrons. The number of nitrogens with one attached hydrogen (secondary N) is 1. The number of hydrogen-bond acceptors (Lipinski definition) is 4.